The number of hydrogen-bond acceptors (Lipinski definition) is 6. The van der Waals surface area contributed by atoms with Gasteiger partial charge in [-0.1, -0.05) is 36.4 Å². The van der Waals surface area contributed by atoms with Gasteiger partial charge in [-0.3, -0.25) is 0 Å². The van der Waals surface area contributed by atoms with Crippen LogP contribution in [0.25, 0.3) is 22.4 Å². The van der Waals surface area contributed by atoms with Gasteiger partial charge >= 0.3 is 0 Å². The number of aromatic nitrogens is 2. The van der Waals surface area contributed by atoms with Gasteiger partial charge < -0.3 is 21.3 Å². The Bertz CT molecular complexity index is 897. The molecule has 0 aliphatic heterocycles. The number of rotatable bonds is 9. The molecule has 146 valence electrons. The predicted molar refractivity (Wildman–Crippen MR) is 112 cm³/mol. The number of aryl methyl sites for hydroxylation is 1. The van der Waals surface area contributed by atoms with Crippen LogP contribution in [0.3, 0.4) is 0 Å². The monoisotopic (exact) mass is 378 g/mol. The molecule has 0 saturated carbocycles. The molecule has 2 aromatic carbocycles. The third-order valence-electron chi connectivity index (χ3n) is 4.51. The minimum Gasteiger partial charge on any atom is -0.507 e. The zero-order chi connectivity index (χ0) is 19.8. The van der Waals surface area contributed by atoms with Gasteiger partial charge in [0.25, 0.3) is 0 Å². The van der Waals surface area contributed by atoms with Crippen molar-refractivity contribution in [2.24, 2.45) is 5.73 Å². The first kappa shape index (κ1) is 19.8. The van der Waals surface area contributed by atoms with Gasteiger partial charge in [0.05, 0.1) is 5.69 Å². The molecule has 5 N–H and O–H groups in total. The Morgan fingerprint density at radius 3 is 2.39 bits per heavy atom. The van der Waals surface area contributed by atoms with Crippen molar-refractivity contribution in [3.05, 3.63) is 60.2 Å². The van der Waals surface area contributed by atoms with E-state index in [0.29, 0.717) is 23.6 Å². The van der Waals surface area contributed by atoms with Crippen LogP contribution in [0, 0.1) is 0 Å². The number of phenols is 1. The Hall–Kier alpha value is -2.96. The normalized spacial score (nSPS) is 10.9. The van der Waals surface area contributed by atoms with Gasteiger partial charge in [0.1, 0.15) is 5.75 Å². The van der Waals surface area contributed by atoms with Crippen LogP contribution >= 0.6 is 0 Å². The highest BCUT2D eigenvalue weighted by atomic mass is 16.5. The molecule has 6 nitrogen and oxygen atoms in total. The van der Waals surface area contributed by atoms with Gasteiger partial charge in [-0.2, -0.15) is 0 Å². The third-order valence-corrected chi connectivity index (χ3v) is 4.51. The van der Waals surface area contributed by atoms with Gasteiger partial charge in [0.2, 0.25) is 0 Å². The molecule has 0 bridgehead atoms. The van der Waals surface area contributed by atoms with E-state index in [0.717, 1.165) is 43.6 Å². The summed E-state index contributed by atoms with van der Waals surface area (Å²) in [5.41, 5.74) is 15.7. The summed E-state index contributed by atoms with van der Waals surface area (Å²) in [4.78, 5) is 0. The van der Waals surface area contributed by atoms with E-state index in [4.69, 9.17) is 16.2 Å². The lowest BCUT2D eigenvalue weighted by atomic mass is 10.0. The largest absolute Gasteiger partial charge is 0.507 e. The number of benzene rings is 2. The summed E-state index contributed by atoms with van der Waals surface area (Å²) in [6, 6.07) is 17.2. The van der Waals surface area contributed by atoms with E-state index in [9.17, 15) is 5.11 Å². The van der Waals surface area contributed by atoms with E-state index in [2.05, 4.69) is 22.3 Å². The van der Waals surface area contributed by atoms with Crippen molar-refractivity contribution in [1.29, 1.82) is 0 Å². The molecular weight excluding hydrogens is 352 g/mol. The van der Waals surface area contributed by atoms with E-state index >= 15 is 0 Å². The molecule has 0 aliphatic carbocycles. The lowest BCUT2D eigenvalue weighted by Crippen LogP contribution is -2.05. The lowest BCUT2D eigenvalue weighted by Gasteiger charge is -2.09. The molecular formula is C22H26N4O2. The first-order valence-corrected chi connectivity index (χ1v) is 9.47. The summed E-state index contributed by atoms with van der Waals surface area (Å²) >= 11 is 0. The maximum Gasteiger partial charge on any atom is 0.154 e. The number of hydrogen-bond donors (Lipinski definition) is 3. The van der Waals surface area contributed by atoms with Gasteiger partial charge in [-0.05, 0) is 55.1 Å². The molecule has 0 aliphatic rings. The molecule has 0 unspecified atom stereocenters. The highest BCUT2D eigenvalue weighted by molar-refractivity contribution is 5.79. The zero-order valence-corrected chi connectivity index (χ0v) is 15.8. The van der Waals surface area contributed by atoms with Crippen LogP contribution < -0.4 is 11.5 Å². The zero-order valence-electron chi connectivity index (χ0n) is 15.8. The van der Waals surface area contributed by atoms with E-state index in [1.807, 2.05) is 24.3 Å². The predicted octanol–water partition coefficient (Wildman–Crippen LogP) is 3.40. The summed E-state index contributed by atoms with van der Waals surface area (Å²) in [6.45, 7) is 2.13. The van der Waals surface area contributed by atoms with E-state index in [1.54, 1.807) is 18.2 Å². The SMILES string of the molecule is NCCCOCCCc1ccc(-c2cc(-c3ccccc3O)nnc2N)cc1. The summed E-state index contributed by atoms with van der Waals surface area (Å²) in [5, 5.41) is 18.3. The molecule has 0 atom stereocenters. The molecule has 0 spiro atoms. The average Bonchev–Trinajstić information content (AvgIpc) is 2.72. The number of aromatic hydroxyl groups is 1. The number of anilines is 1. The number of nitrogen functional groups attached to an aromatic ring is 1. The van der Waals surface area contributed by atoms with E-state index in [-0.39, 0.29) is 5.75 Å². The van der Waals surface area contributed by atoms with Crippen molar-refractivity contribution in [3.63, 3.8) is 0 Å². The standard InChI is InChI=1S/C22H26N4O2/c23-12-4-14-28-13-3-5-16-8-10-17(11-9-16)19-15-20(25-26-22(19)24)18-6-1-2-7-21(18)27/h1-2,6-11,15,27H,3-5,12-14,23H2,(H2,24,26). The van der Waals surface area contributed by atoms with E-state index in [1.165, 1.54) is 5.56 Å². The van der Waals surface area contributed by atoms with Crippen LogP contribution in [0.5, 0.6) is 5.75 Å². The molecule has 0 amide bonds. The van der Waals surface area contributed by atoms with Crippen LogP contribution in [-0.4, -0.2) is 35.1 Å². The minimum absolute atomic E-state index is 0.163. The average molecular weight is 378 g/mol. The quantitative estimate of drug-likeness (QED) is 0.493. The summed E-state index contributed by atoms with van der Waals surface area (Å²) in [5.74, 6) is 0.525. The Balaban J connectivity index is 1.70. The second kappa shape index (κ2) is 9.82. The highest BCUT2D eigenvalue weighted by Gasteiger charge is 2.11. The summed E-state index contributed by atoms with van der Waals surface area (Å²) < 4.78 is 5.54. The highest BCUT2D eigenvalue weighted by Crippen LogP contribution is 2.32. The molecule has 0 saturated heterocycles. The Morgan fingerprint density at radius 1 is 0.893 bits per heavy atom. The van der Waals surface area contributed by atoms with Crippen LogP contribution in [0.15, 0.2) is 54.6 Å². The molecule has 28 heavy (non-hydrogen) atoms. The first-order valence-electron chi connectivity index (χ1n) is 9.47. The van der Waals surface area contributed by atoms with Gasteiger partial charge in [0.15, 0.2) is 5.82 Å². The van der Waals surface area contributed by atoms with Crippen LogP contribution in [0.2, 0.25) is 0 Å². The molecule has 1 aromatic heterocycles. The summed E-state index contributed by atoms with van der Waals surface area (Å²) in [6.07, 6.45) is 2.83. The molecule has 3 aromatic rings. The Labute approximate surface area is 165 Å². The van der Waals surface area contributed by atoms with Crippen molar-refractivity contribution in [2.45, 2.75) is 19.3 Å². The number of phenolic OH excluding ortho intramolecular Hbond substituents is 1. The van der Waals surface area contributed by atoms with Crippen molar-refractivity contribution in [2.75, 3.05) is 25.5 Å². The van der Waals surface area contributed by atoms with Crippen LogP contribution in [0.1, 0.15) is 18.4 Å². The molecule has 0 fully saturated rings. The fourth-order valence-electron chi connectivity index (χ4n) is 2.97. The molecule has 3 rings (SSSR count). The fourth-order valence-corrected chi connectivity index (χ4v) is 2.97. The van der Waals surface area contributed by atoms with Crippen molar-refractivity contribution in [1.82, 2.24) is 10.2 Å². The Morgan fingerprint density at radius 2 is 1.64 bits per heavy atom. The second-order valence-electron chi connectivity index (χ2n) is 6.60. The van der Waals surface area contributed by atoms with Crippen LogP contribution in [-0.2, 0) is 11.2 Å². The van der Waals surface area contributed by atoms with Crippen molar-refractivity contribution >= 4 is 5.82 Å². The maximum atomic E-state index is 10.1. The first-order chi connectivity index (χ1) is 13.7. The number of para-hydroxylation sites is 1. The number of nitrogens with zero attached hydrogens (tertiary/aromatic N) is 2. The fraction of sp³-hybridized carbons (Fsp3) is 0.273. The maximum absolute atomic E-state index is 10.1. The topological polar surface area (TPSA) is 107 Å². The molecule has 0 radical (unpaired) electrons. The lowest BCUT2D eigenvalue weighted by molar-refractivity contribution is 0.131. The van der Waals surface area contributed by atoms with Crippen molar-refractivity contribution in [3.8, 4) is 28.1 Å². The second-order valence-corrected chi connectivity index (χ2v) is 6.60. The van der Waals surface area contributed by atoms with Crippen molar-refractivity contribution < 1.29 is 9.84 Å². The molecule has 6 heteroatoms. The number of ether oxygens (including phenoxy) is 1. The van der Waals surface area contributed by atoms with Gasteiger partial charge in [-0.25, -0.2) is 0 Å². The summed E-state index contributed by atoms with van der Waals surface area (Å²) in [7, 11) is 0. The number of nitrogens with two attached hydrogens (primary N) is 2. The molecule has 1 heterocycles. The van der Waals surface area contributed by atoms with Crippen LogP contribution in [0.4, 0.5) is 5.82 Å². The smallest absolute Gasteiger partial charge is 0.154 e. The minimum atomic E-state index is 0.163. The van der Waals surface area contributed by atoms with Gasteiger partial charge in [-0.15, -0.1) is 10.2 Å². The van der Waals surface area contributed by atoms with Gasteiger partial charge in [0, 0.05) is 24.3 Å². The Kier molecular flexibility index (Phi) is 6.94. The van der Waals surface area contributed by atoms with E-state index < -0.39 is 0 Å². The third kappa shape index (κ3) is 5.06.